The van der Waals surface area contributed by atoms with E-state index in [1.807, 2.05) is 35.8 Å². The van der Waals surface area contributed by atoms with Gasteiger partial charge in [0, 0.05) is 6.54 Å². The average Bonchev–Trinajstić information content (AvgIpc) is 3.29. The first-order chi connectivity index (χ1) is 17.8. The van der Waals surface area contributed by atoms with Crippen LogP contribution in [0.1, 0.15) is 23.6 Å². The first-order valence-electron chi connectivity index (χ1n) is 12.1. The Hall–Kier alpha value is -3.30. The first kappa shape index (κ1) is 26.8. The van der Waals surface area contributed by atoms with Crippen molar-refractivity contribution in [1.29, 1.82) is 0 Å². The molecule has 3 N–H and O–H groups in total. The van der Waals surface area contributed by atoms with Gasteiger partial charge in [-0.05, 0) is 49.6 Å². The van der Waals surface area contributed by atoms with Crippen LogP contribution in [0.5, 0.6) is 5.75 Å². The molecule has 0 fully saturated rings. The van der Waals surface area contributed by atoms with E-state index in [9.17, 15) is 4.57 Å². The number of hydrogen-bond acceptors (Lipinski definition) is 8. The van der Waals surface area contributed by atoms with E-state index in [0.29, 0.717) is 49.0 Å². The topological polar surface area (TPSA) is 126 Å². The van der Waals surface area contributed by atoms with Gasteiger partial charge in [0.2, 0.25) is 0 Å². The molecule has 0 saturated heterocycles. The lowest BCUT2D eigenvalue weighted by Gasteiger charge is -2.23. The minimum absolute atomic E-state index is 0.121. The number of para-hydroxylation sites is 1. The van der Waals surface area contributed by atoms with Gasteiger partial charge < -0.3 is 24.3 Å². The Balaban J connectivity index is 1.34. The predicted molar refractivity (Wildman–Crippen MR) is 143 cm³/mol. The summed E-state index contributed by atoms with van der Waals surface area (Å²) in [6, 6.07) is 15.2. The quantitative estimate of drug-likeness (QED) is 0.192. The maximum atomic E-state index is 13.7. The number of fused-ring (bicyclic) bond motifs is 1. The van der Waals surface area contributed by atoms with E-state index in [-0.39, 0.29) is 12.5 Å². The molecular formula is C26H33N6O4P. The van der Waals surface area contributed by atoms with Crippen molar-refractivity contribution < 1.29 is 18.6 Å². The summed E-state index contributed by atoms with van der Waals surface area (Å²) in [5.74, 6) is 0.820. The summed E-state index contributed by atoms with van der Waals surface area (Å²) in [6.45, 7) is 7.67. The number of nitrogens with two attached hydrogens (primary N) is 1. The summed E-state index contributed by atoms with van der Waals surface area (Å²) in [7, 11) is -3.40. The zero-order chi connectivity index (χ0) is 26.3. The lowest BCUT2D eigenvalue weighted by molar-refractivity contribution is 0.0815. The van der Waals surface area contributed by atoms with Crippen molar-refractivity contribution >= 4 is 24.5 Å². The van der Waals surface area contributed by atoms with E-state index in [1.54, 1.807) is 18.5 Å². The van der Waals surface area contributed by atoms with E-state index < -0.39 is 7.52 Å². The zero-order valence-electron chi connectivity index (χ0n) is 21.3. The van der Waals surface area contributed by atoms with Crippen LogP contribution in [-0.2, 0) is 27.2 Å². The second kappa shape index (κ2) is 12.3. The van der Waals surface area contributed by atoms with Gasteiger partial charge in [0.1, 0.15) is 23.9 Å². The Kier molecular flexibility index (Phi) is 8.89. The van der Waals surface area contributed by atoms with Crippen LogP contribution in [0.4, 0.5) is 5.82 Å². The maximum absolute atomic E-state index is 13.7. The number of aryl methyl sites for hydroxylation is 2. The van der Waals surface area contributed by atoms with Crippen molar-refractivity contribution in [1.82, 2.24) is 24.6 Å². The molecule has 10 nitrogen and oxygen atoms in total. The largest absolute Gasteiger partial charge is 0.431 e. The molecule has 0 spiro atoms. The van der Waals surface area contributed by atoms with Gasteiger partial charge in [-0.15, -0.1) is 0 Å². The third-order valence-electron chi connectivity index (χ3n) is 5.90. The molecule has 37 heavy (non-hydrogen) atoms. The molecule has 1 unspecified atom stereocenters. The molecule has 0 radical (unpaired) electrons. The van der Waals surface area contributed by atoms with Crippen molar-refractivity contribution in [3.8, 4) is 5.75 Å². The Labute approximate surface area is 216 Å². The standard InChI is InChI=1S/C26H33N6O4P/c1-19-8-7-9-20(2)23(19)15-34-13-12-31-37(33,36-22-10-5-4-6-11-22)18-35-21(3)14-32-17-30-24-25(27)28-16-29-26(24)32/h4-11,16-17,21H,12-15,18H2,1-3H3,(H,31,33)(H2,27,28,29)/t21-,37?/m1/s1. The summed E-state index contributed by atoms with van der Waals surface area (Å²) < 4.78 is 33.3. The molecule has 2 atom stereocenters. The molecule has 2 aromatic carbocycles. The van der Waals surface area contributed by atoms with E-state index in [4.69, 9.17) is 19.7 Å². The van der Waals surface area contributed by atoms with Gasteiger partial charge in [-0.1, -0.05) is 36.4 Å². The number of nitrogens with one attached hydrogen (secondary N) is 1. The molecule has 196 valence electrons. The highest BCUT2D eigenvalue weighted by Crippen LogP contribution is 2.43. The number of rotatable bonds is 13. The molecular weight excluding hydrogens is 491 g/mol. The summed E-state index contributed by atoms with van der Waals surface area (Å²) in [6.07, 6.45) is 2.61. The van der Waals surface area contributed by atoms with Gasteiger partial charge in [-0.2, -0.15) is 0 Å². The molecule has 2 heterocycles. The fourth-order valence-corrected chi connectivity index (χ4v) is 5.44. The number of ether oxygens (including phenoxy) is 2. The minimum atomic E-state index is -3.40. The van der Waals surface area contributed by atoms with E-state index in [0.717, 1.165) is 0 Å². The average molecular weight is 525 g/mol. The van der Waals surface area contributed by atoms with E-state index >= 15 is 0 Å². The van der Waals surface area contributed by atoms with E-state index in [2.05, 4.69) is 46.0 Å². The van der Waals surface area contributed by atoms with Gasteiger partial charge in [-0.25, -0.2) is 20.0 Å². The number of nitrogen functional groups attached to an aromatic ring is 1. The molecule has 0 saturated carbocycles. The third kappa shape index (κ3) is 7.14. The van der Waals surface area contributed by atoms with Crippen LogP contribution in [0.2, 0.25) is 0 Å². The highest BCUT2D eigenvalue weighted by atomic mass is 31.2. The van der Waals surface area contributed by atoms with Gasteiger partial charge in [0.05, 0.1) is 32.2 Å². The van der Waals surface area contributed by atoms with Crippen LogP contribution in [-0.4, -0.2) is 45.1 Å². The third-order valence-corrected chi connectivity index (χ3v) is 7.60. The van der Waals surface area contributed by atoms with E-state index in [1.165, 1.54) is 23.0 Å². The number of benzene rings is 2. The van der Waals surface area contributed by atoms with Crippen molar-refractivity contribution in [2.24, 2.45) is 0 Å². The summed E-state index contributed by atoms with van der Waals surface area (Å²) in [5, 5.41) is 3.04. The van der Waals surface area contributed by atoms with Crippen LogP contribution < -0.4 is 15.3 Å². The molecule has 11 heteroatoms. The van der Waals surface area contributed by atoms with Crippen molar-refractivity contribution in [3.05, 3.63) is 77.9 Å². The highest BCUT2D eigenvalue weighted by molar-refractivity contribution is 7.57. The molecule has 0 aliphatic rings. The molecule has 0 aliphatic heterocycles. The van der Waals surface area contributed by atoms with Crippen LogP contribution in [0.3, 0.4) is 0 Å². The summed E-state index contributed by atoms with van der Waals surface area (Å²) >= 11 is 0. The number of hydrogen-bond donors (Lipinski definition) is 2. The van der Waals surface area contributed by atoms with Crippen LogP contribution in [0, 0.1) is 13.8 Å². The molecule has 0 bridgehead atoms. The Morgan fingerprint density at radius 2 is 1.81 bits per heavy atom. The predicted octanol–water partition coefficient (Wildman–Crippen LogP) is 4.47. The molecule has 0 amide bonds. The SMILES string of the molecule is Cc1cccc(C)c1COCCNP(=O)(CO[C@H](C)Cn1cnc2c(N)ncnc21)Oc1ccccc1. The normalized spacial score (nSPS) is 13.9. The van der Waals surface area contributed by atoms with Crippen molar-refractivity contribution in [2.45, 2.75) is 40.0 Å². The summed E-state index contributed by atoms with van der Waals surface area (Å²) in [4.78, 5) is 12.5. The van der Waals surface area contributed by atoms with Crippen LogP contribution >= 0.6 is 7.52 Å². The Bertz CT molecular complexity index is 1340. The van der Waals surface area contributed by atoms with Gasteiger partial charge in [-0.3, -0.25) is 4.57 Å². The molecule has 2 aromatic heterocycles. The lowest BCUT2D eigenvalue weighted by atomic mass is 10.0. The first-order valence-corrected chi connectivity index (χ1v) is 13.9. The highest BCUT2D eigenvalue weighted by Gasteiger charge is 2.26. The molecule has 4 rings (SSSR count). The lowest BCUT2D eigenvalue weighted by Crippen LogP contribution is -2.25. The fourth-order valence-electron chi connectivity index (χ4n) is 3.88. The number of imidazole rings is 1. The Morgan fingerprint density at radius 3 is 2.57 bits per heavy atom. The fraction of sp³-hybridized carbons (Fsp3) is 0.346. The maximum Gasteiger partial charge on any atom is 0.342 e. The van der Waals surface area contributed by atoms with Gasteiger partial charge in [0.15, 0.2) is 11.5 Å². The van der Waals surface area contributed by atoms with Gasteiger partial charge >= 0.3 is 7.52 Å². The molecule has 4 aromatic rings. The Morgan fingerprint density at radius 1 is 1.05 bits per heavy atom. The number of aromatic nitrogens is 4. The smallest absolute Gasteiger partial charge is 0.342 e. The monoisotopic (exact) mass is 524 g/mol. The zero-order valence-corrected chi connectivity index (χ0v) is 22.2. The minimum Gasteiger partial charge on any atom is -0.431 e. The van der Waals surface area contributed by atoms with Crippen LogP contribution in [0.15, 0.2) is 61.2 Å². The van der Waals surface area contributed by atoms with Crippen molar-refractivity contribution in [2.75, 3.05) is 25.2 Å². The van der Waals surface area contributed by atoms with Crippen LogP contribution in [0.25, 0.3) is 11.2 Å². The second-order valence-corrected chi connectivity index (χ2v) is 10.9. The number of nitrogens with zero attached hydrogens (tertiary/aromatic N) is 4. The van der Waals surface area contributed by atoms with Gasteiger partial charge in [0.25, 0.3) is 0 Å². The molecule has 0 aliphatic carbocycles. The van der Waals surface area contributed by atoms with Crippen molar-refractivity contribution in [3.63, 3.8) is 0 Å². The summed E-state index contributed by atoms with van der Waals surface area (Å²) in [5.41, 5.74) is 10.6. The second-order valence-electron chi connectivity index (χ2n) is 8.84. The number of anilines is 1.